The van der Waals surface area contributed by atoms with Gasteiger partial charge in [0, 0.05) is 6.42 Å². The molecule has 3 nitrogen and oxygen atoms in total. The van der Waals surface area contributed by atoms with Crippen molar-refractivity contribution in [2.75, 3.05) is 6.61 Å². The first-order chi connectivity index (χ1) is 11.0. The predicted molar refractivity (Wildman–Crippen MR) is 87.0 cm³/mol. The molecule has 3 heteroatoms. The molecular weight excluding hydrogens is 288 g/mol. The van der Waals surface area contributed by atoms with Gasteiger partial charge in [0.25, 0.3) is 0 Å². The highest BCUT2D eigenvalue weighted by Crippen LogP contribution is 2.71. The molecule has 1 unspecified atom stereocenters. The second-order valence-electron chi connectivity index (χ2n) is 9.23. The van der Waals surface area contributed by atoms with E-state index in [1.165, 1.54) is 37.0 Å². The molecule has 126 valence electrons. The first kappa shape index (κ1) is 14.5. The van der Waals surface area contributed by atoms with E-state index >= 15 is 0 Å². The number of aliphatic hydroxyl groups excluding tert-OH is 1. The summed E-state index contributed by atoms with van der Waals surface area (Å²) in [7, 11) is 0. The van der Waals surface area contributed by atoms with Crippen molar-refractivity contribution >= 4 is 0 Å². The van der Waals surface area contributed by atoms with Gasteiger partial charge in [-0.05, 0) is 85.2 Å². The zero-order valence-corrected chi connectivity index (χ0v) is 14.1. The average molecular weight is 316 g/mol. The summed E-state index contributed by atoms with van der Waals surface area (Å²) >= 11 is 0. The molecule has 1 spiro atoms. The lowest BCUT2D eigenvalue weighted by molar-refractivity contribution is -0.0727. The van der Waals surface area contributed by atoms with E-state index in [-0.39, 0.29) is 12.0 Å². The van der Waals surface area contributed by atoms with E-state index in [0.717, 1.165) is 25.7 Å². The SMILES string of the molecule is C[C@]12CCc3occc3[C@@H]1CC[C@]13CC(CC[C@@H]12)[C@](O)(CO)C3. The van der Waals surface area contributed by atoms with Crippen molar-refractivity contribution < 1.29 is 14.6 Å². The van der Waals surface area contributed by atoms with Crippen LogP contribution >= 0.6 is 0 Å². The van der Waals surface area contributed by atoms with Crippen molar-refractivity contribution in [1.29, 1.82) is 0 Å². The molecule has 3 saturated carbocycles. The Labute approximate surface area is 138 Å². The fourth-order valence-corrected chi connectivity index (χ4v) is 7.51. The van der Waals surface area contributed by atoms with Crippen LogP contribution in [0.25, 0.3) is 0 Å². The fourth-order valence-electron chi connectivity index (χ4n) is 7.51. The molecule has 0 aliphatic heterocycles. The standard InChI is InChI=1S/C20H28O3/c1-18-7-5-16-14(6-9-23-16)15(18)4-8-19-10-13(2-3-17(18)19)20(22,11-19)12-21/h6,9,13,15,17,21-22H,2-5,7-8,10-12H2,1H3/t13?,15-,17+,18-,19+,20+/m0/s1. The van der Waals surface area contributed by atoms with Gasteiger partial charge >= 0.3 is 0 Å². The van der Waals surface area contributed by atoms with E-state index < -0.39 is 5.60 Å². The van der Waals surface area contributed by atoms with Crippen LogP contribution in [-0.2, 0) is 6.42 Å². The Morgan fingerprint density at radius 3 is 2.96 bits per heavy atom. The zero-order chi connectivity index (χ0) is 15.9. The van der Waals surface area contributed by atoms with Gasteiger partial charge in [-0.1, -0.05) is 6.92 Å². The van der Waals surface area contributed by atoms with E-state index in [9.17, 15) is 10.2 Å². The second-order valence-corrected chi connectivity index (χ2v) is 9.23. The van der Waals surface area contributed by atoms with Crippen LogP contribution < -0.4 is 0 Å². The molecule has 2 N–H and O–H groups in total. The Kier molecular flexibility index (Phi) is 2.80. The molecule has 1 aromatic rings. The number of furan rings is 1. The van der Waals surface area contributed by atoms with Crippen molar-refractivity contribution in [1.82, 2.24) is 0 Å². The number of hydrogen-bond donors (Lipinski definition) is 2. The lowest BCUT2D eigenvalue weighted by Gasteiger charge is -2.59. The van der Waals surface area contributed by atoms with E-state index in [4.69, 9.17) is 4.42 Å². The predicted octanol–water partition coefficient (Wildman–Crippen LogP) is 3.64. The van der Waals surface area contributed by atoms with Gasteiger partial charge in [-0.2, -0.15) is 0 Å². The Balaban J connectivity index is 1.56. The number of hydrogen-bond acceptors (Lipinski definition) is 3. The van der Waals surface area contributed by atoms with Crippen molar-refractivity contribution in [3.05, 3.63) is 23.7 Å². The highest BCUT2D eigenvalue weighted by molar-refractivity contribution is 5.31. The van der Waals surface area contributed by atoms with Gasteiger partial charge in [-0.25, -0.2) is 0 Å². The molecule has 1 heterocycles. The largest absolute Gasteiger partial charge is 0.469 e. The Morgan fingerprint density at radius 1 is 1.26 bits per heavy atom. The molecule has 4 aliphatic carbocycles. The maximum absolute atomic E-state index is 10.9. The van der Waals surface area contributed by atoms with Crippen LogP contribution in [0.4, 0.5) is 0 Å². The van der Waals surface area contributed by atoms with Gasteiger partial charge in [0.05, 0.1) is 18.5 Å². The number of aryl methyl sites for hydroxylation is 1. The Hall–Kier alpha value is -0.800. The molecule has 1 aromatic heterocycles. The monoisotopic (exact) mass is 316 g/mol. The summed E-state index contributed by atoms with van der Waals surface area (Å²) in [5.41, 5.74) is 1.26. The van der Waals surface area contributed by atoms with Gasteiger partial charge < -0.3 is 14.6 Å². The molecule has 4 aliphatic rings. The van der Waals surface area contributed by atoms with Crippen molar-refractivity contribution in [3.8, 4) is 0 Å². The molecule has 0 radical (unpaired) electrons. The lowest BCUT2D eigenvalue weighted by atomic mass is 9.45. The summed E-state index contributed by atoms with van der Waals surface area (Å²) in [6.45, 7) is 2.45. The second kappa shape index (κ2) is 4.43. The molecule has 0 saturated heterocycles. The summed E-state index contributed by atoms with van der Waals surface area (Å²) in [5.74, 6) is 2.85. The quantitative estimate of drug-likeness (QED) is 0.831. The Bertz CT molecular complexity index is 637. The molecule has 0 amide bonds. The minimum atomic E-state index is -0.812. The fraction of sp³-hybridized carbons (Fsp3) is 0.800. The first-order valence-corrected chi connectivity index (χ1v) is 9.40. The molecule has 5 rings (SSSR count). The number of aliphatic hydroxyl groups is 2. The molecule has 2 bridgehead atoms. The molecule has 0 aromatic carbocycles. The third kappa shape index (κ3) is 1.68. The number of fused-ring (bicyclic) bond motifs is 5. The normalized spacial score (nSPS) is 51.0. The highest BCUT2D eigenvalue weighted by Gasteiger charge is 2.65. The van der Waals surface area contributed by atoms with Crippen molar-refractivity contribution in [2.24, 2.45) is 22.7 Å². The third-order valence-electron chi connectivity index (χ3n) is 8.46. The van der Waals surface area contributed by atoms with Gasteiger partial charge in [-0.15, -0.1) is 0 Å². The van der Waals surface area contributed by atoms with E-state index in [1.54, 1.807) is 0 Å². The van der Waals surface area contributed by atoms with Crippen molar-refractivity contribution in [2.45, 2.75) is 69.8 Å². The summed E-state index contributed by atoms with van der Waals surface area (Å²) in [6.07, 6.45) is 10.9. The summed E-state index contributed by atoms with van der Waals surface area (Å²) < 4.78 is 5.72. The van der Waals surface area contributed by atoms with E-state index in [0.29, 0.717) is 23.2 Å². The summed E-state index contributed by atoms with van der Waals surface area (Å²) in [4.78, 5) is 0. The van der Waals surface area contributed by atoms with Gasteiger partial charge in [0.2, 0.25) is 0 Å². The highest BCUT2D eigenvalue weighted by atomic mass is 16.3. The average Bonchev–Trinajstić information content (AvgIpc) is 3.09. The minimum Gasteiger partial charge on any atom is -0.469 e. The van der Waals surface area contributed by atoms with E-state index in [2.05, 4.69) is 13.0 Å². The van der Waals surface area contributed by atoms with Gasteiger partial charge in [0.15, 0.2) is 0 Å². The number of rotatable bonds is 1. The molecular formula is C20H28O3. The lowest BCUT2D eigenvalue weighted by Crippen LogP contribution is -2.51. The van der Waals surface area contributed by atoms with Crippen LogP contribution in [0.5, 0.6) is 0 Å². The van der Waals surface area contributed by atoms with Gasteiger partial charge in [0.1, 0.15) is 5.76 Å². The van der Waals surface area contributed by atoms with Crippen LogP contribution in [0.2, 0.25) is 0 Å². The summed E-state index contributed by atoms with van der Waals surface area (Å²) in [5, 5.41) is 20.7. The first-order valence-electron chi connectivity index (χ1n) is 9.40. The Morgan fingerprint density at radius 2 is 2.13 bits per heavy atom. The van der Waals surface area contributed by atoms with Crippen LogP contribution in [0.1, 0.15) is 69.1 Å². The smallest absolute Gasteiger partial charge is 0.107 e. The van der Waals surface area contributed by atoms with Crippen molar-refractivity contribution in [3.63, 3.8) is 0 Å². The van der Waals surface area contributed by atoms with Crippen LogP contribution in [-0.4, -0.2) is 22.4 Å². The summed E-state index contributed by atoms with van der Waals surface area (Å²) in [6, 6.07) is 2.21. The zero-order valence-electron chi connectivity index (χ0n) is 14.1. The maximum atomic E-state index is 10.9. The minimum absolute atomic E-state index is 0.0574. The molecule has 6 atom stereocenters. The molecule has 3 fully saturated rings. The third-order valence-corrected chi connectivity index (χ3v) is 8.46. The maximum Gasteiger partial charge on any atom is 0.107 e. The van der Waals surface area contributed by atoms with Gasteiger partial charge in [-0.3, -0.25) is 0 Å². The van der Waals surface area contributed by atoms with Crippen LogP contribution in [0, 0.1) is 22.7 Å². The molecule has 23 heavy (non-hydrogen) atoms. The van der Waals surface area contributed by atoms with Crippen LogP contribution in [0.3, 0.4) is 0 Å². The van der Waals surface area contributed by atoms with Crippen LogP contribution in [0.15, 0.2) is 16.7 Å². The van der Waals surface area contributed by atoms with E-state index in [1.807, 2.05) is 6.26 Å². The topological polar surface area (TPSA) is 53.6 Å².